The molecule has 2 rings (SSSR count). The maximum atomic E-state index is 11.3. The highest BCUT2D eigenvalue weighted by Gasteiger charge is 2.26. The van der Waals surface area contributed by atoms with Crippen molar-refractivity contribution in [1.82, 2.24) is 0 Å². The number of rotatable bonds is 10. The average Bonchev–Trinajstić information content (AvgIpc) is 2.66. The van der Waals surface area contributed by atoms with Gasteiger partial charge in [-0.2, -0.15) is 0 Å². The number of primary amides is 1. The molecule has 0 fully saturated rings. The Bertz CT molecular complexity index is 916. The Morgan fingerprint density at radius 1 is 1.23 bits per heavy atom. The van der Waals surface area contributed by atoms with Crippen molar-refractivity contribution in [2.24, 2.45) is 11.1 Å². The zero-order chi connectivity index (χ0) is 23.0. The second kappa shape index (κ2) is 11.0. The van der Waals surface area contributed by atoms with E-state index in [-0.39, 0.29) is 37.0 Å². The number of halogens is 1. The predicted molar refractivity (Wildman–Crippen MR) is 121 cm³/mol. The summed E-state index contributed by atoms with van der Waals surface area (Å²) < 4.78 is 17.1. The van der Waals surface area contributed by atoms with Gasteiger partial charge in [-0.1, -0.05) is 42.8 Å². The summed E-state index contributed by atoms with van der Waals surface area (Å²) in [5, 5.41) is 14.3. The van der Waals surface area contributed by atoms with Gasteiger partial charge in [-0.3, -0.25) is 10.1 Å². The molecule has 0 aromatic heterocycles. The molecule has 9 nitrogen and oxygen atoms in total. The molecule has 0 heterocycles. The van der Waals surface area contributed by atoms with E-state index in [2.05, 4.69) is 21.2 Å². The minimum absolute atomic E-state index is 0.0330. The molecule has 10 heteroatoms. The van der Waals surface area contributed by atoms with Crippen LogP contribution < -0.4 is 15.8 Å². The van der Waals surface area contributed by atoms with Crippen molar-refractivity contribution in [2.75, 3.05) is 25.1 Å². The van der Waals surface area contributed by atoms with Crippen LogP contribution in [0.4, 0.5) is 21.9 Å². The van der Waals surface area contributed by atoms with Crippen LogP contribution in [-0.4, -0.2) is 36.9 Å². The van der Waals surface area contributed by atoms with Gasteiger partial charge < -0.3 is 25.3 Å². The second-order valence-electron chi connectivity index (χ2n) is 7.78. The quantitative estimate of drug-likeness (QED) is 0.269. The molecule has 0 saturated heterocycles. The van der Waals surface area contributed by atoms with Gasteiger partial charge >= 0.3 is 6.09 Å². The van der Waals surface area contributed by atoms with Crippen molar-refractivity contribution >= 4 is 39.1 Å². The lowest BCUT2D eigenvalue weighted by atomic mass is 9.89. The summed E-state index contributed by atoms with van der Waals surface area (Å²) in [5.41, 5.74) is 5.75. The number of hydrogen-bond acceptors (Lipinski definition) is 7. The van der Waals surface area contributed by atoms with Crippen molar-refractivity contribution in [3.8, 4) is 5.75 Å². The molecular weight excluding hydrogens is 470 g/mol. The van der Waals surface area contributed by atoms with Crippen LogP contribution in [-0.2, 0) is 9.47 Å². The summed E-state index contributed by atoms with van der Waals surface area (Å²) in [7, 11) is 0. The Morgan fingerprint density at radius 2 is 1.97 bits per heavy atom. The highest BCUT2D eigenvalue weighted by Crippen LogP contribution is 2.31. The molecule has 1 amide bonds. The fourth-order valence-corrected chi connectivity index (χ4v) is 3.00. The zero-order valence-electron chi connectivity index (χ0n) is 17.6. The van der Waals surface area contributed by atoms with Gasteiger partial charge in [-0.25, -0.2) is 4.79 Å². The number of nitro benzene ring substituents is 1. The van der Waals surface area contributed by atoms with Crippen LogP contribution in [0.3, 0.4) is 0 Å². The van der Waals surface area contributed by atoms with Gasteiger partial charge in [0.15, 0.2) is 0 Å². The molecule has 0 aliphatic carbocycles. The average molecular weight is 496 g/mol. The third kappa shape index (κ3) is 8.06. The first-order valence-electron chi connectivity index (χ1n) is 9.54. The molecule has 2 aromatic rings. The van der Waals surface area contributed by atoms with Crippen molar-refractivity contribution in [2.45, 2.75) is 26.9 Å². The number of benzene rings is 2. The smallest absolute Gasteiger partial charge is 0.404 e. The van der Waals surface area contributed by atoms with Gasteiger partial charge in [0.05, 0.1) is 17.6 Å². The summed E-state index contributed by atoms with van der Waals surface area (Å²) in [4.78, 5) is 21.7. The SMILES string of the molecule is CC(C)(C)C(COC(N)=O)OCCOc1cccc(Nc2cc(Br)ccc2[N+](=O)[O-])c1. The summed E-state index contributed by atoms with van der Waals surface area (Å²) in [5.74, 6) is 0.576. The molecule has 0 bridgehead atoms. The lowest BCUT2D eigenvalue weighted by Gasteiger charge is -2.30. The van der Waals surface area contributed by atoms with E-state index in [1.54, 1.807) is 36.4 Å². The third-order valence-electron chi connectivity index (χ3n) is 4.28. The van der Waals surface area contributed by atoms with Crippen LogP contribution in [0.2, 0.25) is 0 Å². The van der Waals surface area contributed by atoms with Gasteiger partial charge in [0.2, 0.25) is 0 Å². The minimum Gasteiger partial charge on any atom is -0.491 e. The van der Waals surface area contributed by atoms with Crippen LogP contribution in [0.5, 0.6) is 5.75 Å². The van der Waals surface area contributed by atoms with E-state index in [4.69, 9.17) is 19.9 Å². The first-order chi connectivity index (χ1) is 14.6. The van der Waals surface area contributed by atoms with Crippen LogP contribution in [0.25, 0.3) is 0 Å². The van der Waals surface area contributed by atoms with E-state index in [0.717, 1.165) is 4.47 Å². The standard InChI is InChI=1S/C21H26BrN3O6/c1-21(2,3)19(13-31-20(23)26)30-10-9-29-16-6-4-5-15(12-16)24-17-11-14(22)7-8-18(17)25(27)28/h4-8,11-12,19,24H,9-10,13H2,1-3H3,(H2,23,26). The monoisotopic (exact) mass is 495 g/mol. The number of ether oxygens (including phenoxy) is 3. The number of carbonyl (C=O) groups is 1. The Hall–Kier alpha value is -2.85. The molecule has 1 atom stereocenters. The summed E-state index contributed by atoms with van der Waals surface area (Å²) in [6.07, 6.45) is -1.18. The van der Waals surface area contributed by atoms with Gasteiger partial charge in [0, 0.05) is 22.3 Å². The van der Waals surface area contributed by atoms with Crippen molar-refractivity contribution in [3.05, 3.63) is 57.1 Å². The third-order valence-corrected chi connectivity index (χ3v) is 4.78. The van der Waals surface area contributed by atoms with Crippen LogP contribution in [0, 0.1) is 15.5 Å². The van der Waals surface area contributed by atoms with Crippen LogP contribution >= 0.6 is 15.9 Å². The molecule has 1 unspecified atom stereocenters. The molecule has 0 radical (unpaired) electrons. The van der Waals surface area contributed by atoms with Crippen LogP contribution in [0.1, 0.15) is 20.8 Å². The molecule has 0 aliphatic rings. The molecule has 168 valence electrons. The van der Waals surface area contributed by atoms with Crippen molar-refractivity contribution < 1.29 is 23.9 Å². The van der Waals surface area contributed by atoms with E-state index in [1.807, 2.05) is 20.8 Å². The molecule has 0 saturated carbocycles. The maximum absolute atomic E-state index is 11.3. The predicted octanol–water partition coefficient (Wildman–Crippen LogP) is 5.01. The topological polar surface area (TPSA) is 126 Å². The van der Waals surface area contributed by atoms with Crippen LogP contribution in [0.15, 0.2) is 46.9 Å². The molecule has 2 aromatic carbocycles. The van der Waals surface area contributed by atoms with Gasteiger partial charge in [0.1, 0.15) is 24.7 Å². The highest BCUT2D eigenvalue weighted by atomic mass is 79.9. The number of nitro groups is 1. The van der Waals surface area contributed by atoms with E-state index >= 15 is 0 Å². The van der Waals surface area contributed by atoms with Gasteiger partial charge in [-0.05, 0) is 29.7 Å². The number of anilines is 2. The molecule has 3 N–H and O–H groups in total. The Labute approximate surface area is 189 Å². The van der Waals surface area contributed by atoms with E-state index < -0.39 is 11.0 Å². The lowest BCUT2D eigenvalue weighted by molar-refractivity contribution is -0.383. The number of carbonyl (C=O) groups excluding carboxylic acids is 1. The largest absolute Gasteiger partial charge is 0.491 e. The summed E-state index contributed by atoms with van der Waals surface area (Å²) in [6, 6.07) is 11.8. The molecule has 0 spiro atoms. The highest BCUT2D eigenvalue weighted by molar-refractivity contribution is 9.10. The molecular formula is C21H26BrN3O6. The number of amides is 1. The van der Waals surface area contributed by atoms with Gasteiger partial charge in [0.25, 0.3) is 5.69 Å². The summed E-state index contributed by atoms with van der Waals surface area (Å²) in [6.45, 7) is 6.52. The minimum atomic E-state index is -0.843. The Kier molecular flexibility index (Phi) is 8.64. The first kappa shape index (κ1) is 24.4. The van der Waals surface area contributed by atoms with Gasteiger partial charge in [-0.15, -0.1) is 0 Å². The fourth-order valence-electron chi connectivity index (χ4n) is 2.64. The molecule has 31 heavy (non-hydrogen) atoms. The first-order valence-corrected chi connectivity index (χ1v) is 10.3. The second-order valence-corrected chi connectivity index (χ2v) is 8.69. The normalized spacial score (nSPS) is 12.1. The van der Waals surface area contributed by atoms with E-state index in [1.165, 1.54) is 6.07 Å². The fraction of sp³-hybridized carbons (Fsp3) is 0.381. The van der Waals surface area contributed by atoms with Crippen molar-refractivity contribution in [1.29, 1.82) is 0 Å². The molecule has 0 aliphatic heterocycles. The Balaban J connectivity index is 1.95. The number of hydrogen-bond donors (Lipinski definition) is 2. The number of nitrogens with one attached hydrogen (secondary N) is 1. The number of nitrogens with two attached hydrogens (primary N) is 1. The maximum Gasteiger partial charge on any atom is 0.404 e. The Morgan fingerprint density at radius 3 is 2.61 bits per heavy atom. The van der Waals surface area contributed by atoms with E-state index in [9.17, 15) is 14.9 Å². The lowest BCUT2D eigenvalue weighted by Crippen LogP contribution is -2.36. The summed E-state index contributed by atoms with van der Waals surface area (Å²) >= 11 is 3.32. The number of nitrogens with zero attached hydrogens (tertiary/aromatic N) is 1. The van der Waals surface area contributed by atoms with Crippen molar-refractivity contribution in [3.63, 3.8) is 0 Å². The van der Waals surface area contributed by atoms with E-state index in [0.29, 0.717) is 17.1 Å². The zero-order valence-corrected chi connectivity index (χ0v) is 19.2.